The van der Waals surface area contributed by atoms with E-state index >= 15 is 0 Å². The van der Waals surface area contributed by atoms with Gasteiger partial charge in [-0.15, -0.1) is 0 Å². The fraction of sp³-hybridized carbons (Fsp3) is 0.849. The van der Waals surface area contributed by atoms with Crippen molar-refractivity contribution >= 4 is 17.9 Å². The van der Waals surface area contributed by atoms with Gasteiger partial charge in [-0.1, -0.05) is 352 Å². The molecule has 1 unspecified atom stereocenters. The molecule has 0 saturated carbocycles. The molecule has 0 bridgehead atoms. The molecule has 1 atom stereocenters. The van der Waals surface area contributed by atoms with Crippen LogP contribution in [0.2, 0.25) is 0 Å². The first-order valence-corrected chi connectivity index (χ1v) is 35.1. The lowest BCUT2D eigenvalue weighted by Gasteiger charge is -2.18. The summed E-state index contributed by atoms with van der Waals surface area (Å²) in [6.07, 6.45) is 85.9. The number of esters is 3. The Labute approximate surface area is 492 Å². The Morgan fingerprint density at radius 3 is 0.772 bits per heavy atom. The first-order valence-electron chi connectivity index (χ1n) is 35.1. The van der Waals surface area contributed by atoms with E-state index in [0.29, 0.717) is 19.3 Å². The van der Waals surface area contributed by atoms with Gasteiger partial charge in [0.15, 0.2) is 6.10 Å². The van der Waals surface area contributed by atoms with Crippen LogP contribution in [0.1, 0.15) is 380 Å². The maximum Gasteiger partial charge on any atom is 0.306 e. The summed E-state index contributed by atoms with van der Waals surface area (Å²) in [5, 5.41) is 0. The van der Waals surface area contributed by atoms with Gasteiger partial charge < -0.3 is 14.2 Å². The van der Waals surface area contributed by atoms with Gasteiger partial charge in [0.05, 0.1) is 0 Å². The van der Waals surface area contributed by atoms with Crippen molar-refractivity contribution in [2.45, 2.75) is 386 Å². The van der Waals surface area contributed by atoms with Crippen LogP contribution in [-0.2, 0) is 28.6 Å². The highest BCUT2D eigenvalue weighted by Gasteiger charge is 2.19. The van der Waals surface area contributed by atoms with Crippen molar-refractivity contribution in [2.75, 3.05) is 13.2 Å². The fourth-order valence-electron chi connectivity index (χ4n) is 10.6. The van der Waals surface area contributed by atoms with Crippen LogP contribution in [0, 0.1) is 0 Å². The maximum absolute atomic E-state index is 12.9. The second-order valence-corrected chi connectivity index (χ2v) is 23.8. The average Bonchev–Trinajstić information content (AvgIpc) is 3.45. The molecule has 79 heavy (non-hydrogen) atoms. The first-order chi connectivity index (χ1) is 39.0. The molecule has 0 saturated heterocycles. The Morgan fingerprint density at radius 1 is 0.266 bits per heavy atom. The summed E-state index contributed by atoms with van der Waals surface area (Å²) >= 11 is 0. The lowest BCUT2D eigenvalue weighted by Crippen LogP contribution is -2.30. The van der Waals surface area contributed by atoms with Gasteiger partial charge >= 0.3 is 17.9 Å². The van der Waals surface area contributed by atoms with Crippen molar-refractivity contribution in [3.63, 3.8) is 0 Å². The van der Waals surface area contributed by atoms with Crippen LogP contribution in [0.5, 0.6) is 0 Å². The van der Waals surface area contributed by atoms with E-state index in [1.54, 1.807) is 0 Å². The van der Waals surface area contributed by atoms with Crippen LogP contribution in [0.4, 0.5) is 0 Å². The molecule has 0 rings (SSSR count). The van der Waals surface area contributed by atoms with Crippen molar-refractivity contribution in [3.05, 3.63) is 48.6 Å². The Kier molecular flexibility index (Phi) is 65.6. The quantitative estimate of drug-likeness (QED) is 0.0261. The summed E-state index contributed by atoms with van der Waals surface area (Å²) in [4.78, 5) is 38.3. The van der Waals surface area contributed by atoms with Crippen LogP contribution < -0.4 is 0 Å². The Bertz CT molecular complexity index is 1360. The molecule has 6 nitrogen and oxygen atoms in total. The standard InChI is InChI=1S/C73H134O6/c1-4-7-10-13-16-19-22-25-28-29-30-31-32-33-34-35-36-37-38-39-40-41-42-43-46-48-51-54-57-60-63-66-72(75)78-69-70(79-73(76)67-64-61-58-55-52-49-45-27-24-21-18-15-12-9-6-3)68-77-71(74)65-62-59-56-53-50-47-44-26-23-20-17-14-11-8-5-2/h9,12,18,21,27,45,52,55,70H,4-8,10-11,13-17,19-20,22-26,28-44,46-51,53-54,56-69H2,1-3H3/b12-9-,21-18-,45-27-,55-52-. The minimum Gasteiger partial charge on any atom is -0.462 e. The zero-order valence-electron chi connectivity index (χ0n) is 53.2. The molecule has 462 valence electrons. The van der Waals surface area contributed by atoms with E-state index in [1.807, 2.05) is 0 Å². The van der Waals surface area contributed by atoms with Crippen molar-refractivity contribution in [2.24, 2.45) is 0 Å². The molecule has 0 aliphatic rings. The average molecular weight is 1110 g/mol. The van der Waals surface area contributed by atoms with Gasteiger partial charge in [-0.3, -0.25) is 14.4 Å². The zero-order chi connectivity index (χ0) is 57.1. The Balaban J connectivity index is 4.16. The topological polar surface area (TPSA) is 78.9 Å². The summed E-state index contributed by atoms with van der Waals surface area (Å²) < 4.78 is 16.9. The number of carbonyl (C=O) groups is 3. The highest BCUT2D eigenvalue weighted by molar-refractivity contribution is 5.71. The third-order valence-electron chi connectivity index (χ3n) is 15.8. The number of unbranched alkanes of at least 4 members (excludes halogenated alkanes) is 46. The Morgan fingerprint density at radius 2 is 0.494 bits per heavy atom. The normalized spacial score (nSPS) is 12.3. The highest BCUT2D eigenvalue weighted by Crippen LogP contribution is 2.19. The molecular weight excluding hydrogens is 973 g/mol. The lowest BCUT2D eigenvalue weighted by molar-refractivity contribution is -0.167. The molecule has 0 radical (unpaired) electrons. The summed E-state index contributed by atoms with van der Waals surface area (Å²) in [6.45, 7) is 6.56. The van der Waals surface area contributed by atoms with E-state index in [2.05, 4.69) is 69.4 Å². The smallest absolute Gasteiger partial charge is 0.306 e. The van der Waals surface area contributed by atoms with Gasteiger partial charge in [-0.2, -0.15) is 0 Å². The van der Waals surface area contributed by atoms with Gasteiger partial charge in [-0.25, -0.2) is 0 Å². The van der Waals surface area contributed by atoms with Crippen molar-refractivity contribution in [1.29, 1.82) is 0 Å². The number of ether oxygens (including phenoxy) is 3. The van der Waals surface area contributed by atoms with E-state index in [0.717, 1.165) is 77.0 Å². The molecule has 6 heteroatoms. The molecule has 0 aromatic heterocycles. The van der Waals surface area contributed by atoms with Gasteiger partial charge in [0.25, 0.3) is 0 Å². The maximum atomic E-state index is 12.9. The van der Waals surface area contributed by atoms with Crippen molar-refractivity contribution < 1.29 is 28.6 Å². The monoisotopic (exact) mass is 1110 g/mol. The first kappa shape index (κ1) is 76.4. The minimum atomic E-state index is -0.792. The molecule has 0 amide bonds. The van der Waals surface area contributed by atoms with E-state index in [-0.39, 0.29) is 37.5 Å². The van der Waals surface area contributed by atoms with Crippen LogP contribution in [0.25, 0.3) is 0 Å². The van der Waals surface area contributed by atoms with Gasteiger partial charge in [-0.05, 0) is 57.8 Å². The molecule has 0 N–H and O–H groups in total. The lowest BCUT2D eigenvalue weighted by atomic mass is 10.0. The van der Waals surface area contributed by atoms with Crippen molar-refractivity contribution in [1.82, 2.24) is 0 Å². The molecular formula is C73H134O6. The summed E-state index contributed by atoms with van der Waals surface area (Å²) in [6, 6.07) is 0. The van der Waals surface area contributed by atoms with Crippen LogP contribution in [-0.4, -0.2) is 37.2 Å². The second-order valence-electron chi connectivity index (χ2n) is 23.8. The van der Waals surface area contributed by atoms with Crippen LogP contribution in [0.3, 0.4) is 0 Å². The third kappa shape index (κ3) is 66.1. The molecule has 0 spiro atoms. The summed E-state index contributed by atoms with van der Waals surface area (Å²) in [7, 11) is 0. The molecule has 0 aliphatic heterocycles. The number of hydrogen-bond acceptors (Lipinski definition) is 6. The second kappa shape index (κ2) is 67.9. The van der Waals surface area contributed by atoms with Crippen LogP contribution in [0.15, 0.2) is 48.6 Å². The van der Waals surface area contributed by atoms with E-state index in [4.69, 9.17) is 14.2 Å². The predicted molar refractivity (Wildman–Crippen MR) is 344 cm³/mol. The van der Waals surface area contributed by atoms with E-state index < -0.39 is 6.10 Å². The number of rotatable bonds is 65. The largest absolute Gasteiger partial charge is 0.462 e. The summed E-state index contributed by atoms with van der Waals surface area (Å²) in [5.41, 5.74) is 0. The molecule has 0 fully saturated rings. The molecule has 0 heterocycles. The fourth-order valence-corrected chi connectivity index (χ4v) is 10.6. The number of hydrogen-bond donors (Lipinski definition) is 0. The van der Waals surface area contributed by atoms with Crippen LogP contribution >= 0.6 is 0 Å². The van der Waals surface area contributed by atoms with Gasteiger partial charge in [0.2, 0.25) is 0 Å². The third-order valence-corrected chi connectivity index (χ3v) is 15.8. The van der Waals surface area contributed by atoms with E-state index in [1.165, 1.54) is 257 Å². The predicted octanol–water partition coefficient (Wildman–Crippen LogP) is 24.1. The summed E-state index contributed by atoms with van der Waals surface area (Å²) in [5.74, 6) is -0.902. The molecule has 0 aliphatic carbocycles. The van der Waals surface area contributed by atoms with Gasteiger partial charge in [0.1, 0.15) is 13.2 Å². The number of carbonyl (C=O) groups excluding carboxylic acids is 3. The minimum absolute atomic E-state index is 0.0849. The highest BCUT2D eigenvalue weighted by atomic mass is 16.6. The van der Waals surface area contributed by atoms with Crippen molar-refractivity contribution in [3.8, 4) is 0 Å². The molecule has 0 aromatic rings. The SMILES string of the molecule is CC/C=C\C/C=C\C/C=C\C/C=C\CCCCC(=O)OC(COC(=O)CCCCCCCCCCCCCCCCC)COC(=O)CCCCCCCCCCCCCCCCCCCCCCCCCCCCCCCCC. The molecule has 0 aromatic carbocycles. The Hall–Kier alpha value is -2.63. The van der Waals surface area contributed by atoms with Gasteiger partial charge in [0, 0.05) is 19.3 Å². The zero-order valence-corrected chi connectivity index (χ0v) is 53.2. The van der Waals surface area contributed by atoms with E-state index in [9.17, 15) is 14.4 Å². The number of allylic oxidation sites excluding steroid dienone is 8.